The van der Waals surface area contributed by atoms with Crippen molar-refractivity contribution >= 4 is 21.8 Å². The molecule has 0 aliphatic carbocycles. The Balaban J connectivity index is 1.52. The van der Waals surface area contributed by atoms with E-state index in [1.54, 1.807) is 24.3 Å². The number of carbonyl (C=O) groups is 2. The maximum atomic E-state index is 12.9. The minimum absolute atomic E-state index is 0.195. The van der Waals surface area contributed by atoms with Crippen LogP contribution in [0.4, 0.5) is 0 Å². The van der Waals surface area contributed by atoms with Crippen LogP contribution in [0.15, 0.2) is 47.4 Å². The fourth-order valence-corrected chi connectivity index (χ4v) is 5.08. The molecule has 1 saturated heterocycles. The largest absolute Gasteiger partial charge is 0.494 e. The Morgan fingerprint density at radius 3 is 2.25 bits per heavy atom. The van der Waals surface area contributed by atoms with E-state index in [4.69, 9.17) is 9.47 Å². The second-order valence-electron chi connectivity index (χ2n) is 7.91. The molecule has 1 aliphatic heterocycles. The molecule has 2 aromatic carbocycles. The van der Waals surface area contributed by atoms with Crippen molar-refractivity contribution in [3.8, 4) is 5.75 Å². The smallest absolute Gasteiger partial charge is 0.309 e. The summed E-state index contributed by atoms with van der Waals surface area (Å²) in [4.78, 5) is 24.9. The van der Waals surface area contributed by atoms with Crippen LogP contribution in [-0.2, 0) is 19.6 Å². The van der Waals surface area contributed by atoms with Gasteiger partial charge in [0.25, 0.3) is 0 Å². The van der Waals surface area contributed by atoms with Gasteiger partial charge in [-0.15, -0.1) is 0 Å². The maximum Gasteiger partial charge on any atom is 0.309 e. The molecule has 0 atom stereocenters. The number of sulfonamides is 1. The van der Waals surface area contributed by atoms with Crippen molar-refractivity contribution in [2.24, 2.45) is 5.92 Å². The molecule has 2 aromatic rings. The summed E-state index contributed by atoms with van der Waals surface area (Å²) >= 11 is 0. The molecule has 0 amide bonds. The summed E-state index contributed by atoms with van der Waals surface area (Å²) in [5, 5.41) is 0. The Hall–Kier alpha value is -2.71. The van der Waals surface area contributed by atoms with Gasteiger partial charge >= 0.3 is 5.97 Å². The van der Waals surface area contributed by atoms with Crippen LogP contribution in [0.5, 0.6) is 5.75 Å². The summed E-state index contributed by atoms with van der Waals surface area (Å²) in [6.45, 7) is 6.39. The van der Waals surface area contributed by atoms with Gasteiger partial charge in [-0.2, -0.15) is 4.31 Å². The first-order chi connectivity index (χ1) is 15.2. The number of Topliss-reactive ketones (excluding diaryl/α,β-unsaturated/α-hetero) is 1. The first kappa shape index (κ1) is 23.9. The van der Waals surface area contributed by atoms with E-state index in [0.717, 1.165) is 11.1 Å². The van der Waals surface area contributed by atoms with Crippen molar-refractivity contribution < 1.29 is 27.5 Å². The van der Waals surface area contributed by atoms with E-state index in [9.17, 15) is 18.0 Å². The van der Waals surface area contributed by atoms with Gasteiger partial charge in [0.2, 0.25) is 10.0 Å². The van der Waals surface area contributed by atoms with Crippen molar-refractivity contribution in [3.63, 3.8) is 0 Å². The maximum absolute atomic E-state index is 12.9. The van der Waals surface area contributed by atoms with Gasteiger partial charge in [-0.05, 0) is 75.1 Å². The zero-order valence-corrected chi connectivity index (χ0v) is 19.5. The van der Waals surface area contributed by atoms with Crippen molar-refractivity contribution in [1.82, 2.24) is 4.31 Å². The molecule has 3 rings (SSSR count). The van der Waals surface area contributed by atoms with Gasteiger partial charge in [0.1, 0.15) is 5.75 Å². The highest BCUT2D eigenvalue weighted by Crippen LogP contribution is 2.26. The molecule has 0 N–H and O–H groups in total. The summed E-state index contributed by atoms with van der Waals surface area (Å²) < 4.78 is 37.7. The van der Waals surface area contributed by atoms with E-state index in [1.165, 1.54) is 16.4 Å². The molecule has 0 bridgehead atoms. The van der Waals surface area contributed by atoms with E-state index < -0.39 is 21.9 Å². The highest BCUT2D eigenvalue weighted by molar-refractivity contribution is 7.89. The highest BCUT2D eigenvalue weighted by Gasteiger charge is 2.33. The van der Waals surface area contributed by atoms with Crippen LogP contribution in [0, 0.1) is 19.8 Å². The molecule has 0 radical (unpaired) electrons. The zero-order valence-electron chi connectivity index (χ0n) is 18.7. The van der Waals surface area contributed by atoms with Crippen LogP contribution in [-0.4, -0.2) is 50.8 Å². The molecule has 0 spiro atoms. The molecule has 0 saturated carbocycles. The number of piperidine rings is 1. The SMILES string of the molecule is CCOc1ccc(S(=O)(=O)N2CCC(C(=O)OCC(=O)c3ccc(C)c(C)c3)CC2)cc1. The predicted octanol–water partition coefficient (Wildman–Crippen LogP) is 3.53. The topological polar surface area (TPSA) is 90.0 Å². The number of carbonyl (C=O) groups excluding carboxylic acids is 2. The number of hydrogen-bond acceptors (Lipinski definition) is 6. The summed E-state index contributed by atoms with van der Waals surface area (Å²) in [5.74, 6) is -0.519. The van der Waals surface area contributed by atoms with Gasteiger partial charge in [-0.25, -0.2) is 8.42 Å². The predicted molar refractivity (Wildman–Crippen MR) is 120 cm³/mol. The third kappa shape index (κ3) is 5.55. The number of nitrogens with zero attached hydrogens (tertiary/aromatic N) is 1. The first-order valence-electron chi connectivity index (χ1n) is 10.7. The van der Waals surface area contributed by atoms with Gasteiger partial charge in [-0.1, -0.05) is 12.1 Å². The minimum atomic E-state index is -3.64. The molecule has 8 heteroatoms. The lowest BCUT2D eigenvalue weighted by Gasteiger charge is -2.30. The van der Waals surface area contributed by atoms with Crippen LogP contribution in [0.1, 0.15) is 41.3 Å². The Morgan fingerprint density at radius 1 is 1.00 bits per heavy atom. The molecule has 0 aromatic heterocycles. The Bertz CT molecular complexity index is 1070. The van der Waals surface area contributed by atoms with Gasteiger partial charge in [0, 0.05) is 18.7 Å². The first-order valence-corrected chi connectivity index (χ1v) is 12.2. The average Bonchev–Trinajstić information content (AvgIpc) is 2.79. The van der Waals surface area contributed by atoms with Crippen LogP contribution in [0.2, 0.25) is 0 Å². The Labute approximate surface area is 189 Å². The zero-order chi connectivity index (χ0) is 23.3. The van der Waals surface area contributed by atoms with Gasteiger partial charge in [-0.3, -0.25) is 9.59 Å². The molecular formula is C24H29NO6S. The number of aryl methyl sites for hydroxylation is 2. The minimum Gasteiger partial charge on any atom is -0.494 e. The summed E-state index contributed by atoms with van der Waals surface area (Å²) in [5.41, 5.74) is 2.60. The van der Waals surface area contributed by atoms with Crippen molar-refractivity contribution in [3.05, 3.63) is 59.2 Å². The molecule has 7 nitrogen and oxygen atoms in total. The lowest BCUT2D eigenvalue weighted by Crippen LogP contribution is -2.40. The fraction of sp³-hybridized carbons (Fsp3) is 0.417. The second kappa shape index (κ2) is 10.3. The van der Waals surface area contributed by atoms with Crippen LogP contribution in [0.25, 0.3) is 0 Å². The molecule has 0 unspecified atom stereocenters. The summed E-state index contributed by atoms with van der Waals surface area (Å²) in [6.07, 6.45) is 0.708. The van der Waals surface area contributed by atoms with Crippen LogP contribution in [0.3, 0.4) is 0 Å². The Morgan fingerprint density at radius 2 is 1.66 bits per heavy atom. The monoisotopic (exact) mass is 459 g/mol. The summed E-state index contributed by atoms with van der Waals surface area (Å²) in [6, 6.07) is 11.7. The van der Waals surface area contributed by atoms with Crippen molar-refractivity contribution in [2.45, 2.75) is 38.5 Å². The highest BCUT2D eigenvalue weighted by atomic mass is 32.2. The fourth-order valence-electron chi connectivity index (χ4n) is 3.61. The second-order valence-corrected chi connectivity index (χ2v) is 9.85. The van der Waals surface area contributed by atoms with Gasteiger partial charge in [0.15, 0.2) is 12.4 Å². The normalized spacial score (nSPS) is 15.3. The number of ether oxygens (including phenoxy) is 2. The van der Waals surface area contributed by atoms with E-state index >= 15 is 0 Å². The van der Waals surface area contributed by atoms with E-state index in [1.807, 2.05) is 26.8 Å². The third-order valence-corrected chi connectivity index (χ3v) is 7.65. The van der Waals surface area contributed by atoms with Gasteiger partial charge < -0.3 is 9.47 Å². The quantitative estimate of drug-likeness (QED) is 0.443. The van der Waals surface area contributed by atoms with Gasteiger partial charge in [0.05, 0.1) is 17.4 Å². The average molecular weight is 460 g/mol. The molecule has 172 valence electrons. The number of hydrogen-bond donors (Lipinski definition) is 0. The Kier molecular flexibility index (Phi) is 7.69. The van der Waals surface area contributed by atoms with Crippen LogP contribution < -0.4 is 4.74 Å². The van der Waals surface area contributed by atoms with E-state index in [-0.39, 0.29) is 30.4 Å². The van der Waals surface area contributed by atoms with Crippen LogP contribution >= 0.6 is 0 Å². The molecule has 1 fully saturated rings. The lowest BCUT2D eigenvalue weighted by molar-refractivity contribution is -0.148. The van der Waals surface area contributed by atoms with E-state index in [2.05, 4.69) is 0 Å². The number of esters is 1. The number of rotatable bonds is 8. The molecule has 1 aliphatic rings. The van der Waals surface area contributed by atoms with Crippen molar-refractivity contribution in [1.29, 1.82) is 0 Å². The third-order valence-electron chi connectivity index (χ3n) is 5.73. The van der Waals surface area contributed by atoms with E-state index in [0.29, 0.717) is 30.8 Å². The van der Waals surface area contributed by atoms with Crippen molar-refractivity contribution in [2.75, 3.05) is 26.3 Å². The standard InChI is InChI=1S/C24H29NO6S/c1-4-30-21-7-9-22(10-8-21)32(28,29)25-13-11-19(12-14-25)24(27)31-16-23(26)20-6-5-17(2)18(3)15-20/h5-10,15,19H,4,11-14,16H2,1-3H3. The lowest BCUT2D eigenvalue weighted by atomic mass is 9.98. The summed E-state index contributed by atoms with van der Waals surface area (Å²) in [7, 11) is -3.64. The molecular weight excluding hydrogens is 430 g/mol. The molecule has 1 heterocycles. The molecule has 32 heavy (non-hydrogen) atoms. The number of benzene rings is 2. The number of ketones is 1.